The van der Waals surface area contributed by atoms with E-state index in [1.807, 2.05) is 6.92 Å². The summed E-state index contributed by atoms with van der Waals surface area (Å²) in [6.45, 7) is 6.86. The number of H-pyrrole nitrogens is 1. The molecule has 0 aliphatic heterocycles. The van der Waals surface area contributed by atoms with Crippen molar-refractivity contribution < 1.29 is 17.9 Å². The summed E-state index contributed by atoms with van der Waals surface area (Å²) in [7, 11) is -4.01. The molecule has 0 spiro atoms. The lowest BCUT2D eigenvalue weighted by Crippen LogP contribution is -2.35. The zero-order valence-corrected chi connectivity index (χ0v) is 12.7. The monoisotopic (exact) mass is 304 g/mol. The van der Waals surface area contributed by atoms with E-state index < -0.39 is 15.9 Å². The summed E-state index contributed by atoms with van der Waals surface area (Å²) in [5.74, 6) is -0.486. The number of ether oxygens (including phenoxy) is 1. The standard InChI is InChI=1S/C11H20N4O4S/c1-4-15(6-7-19-5-2)11(16)9-10(20(12,17)18)8(3)13-14-9/h4-7H2,1-3H3,(H,13,14)(H2,12,17,18). The number of carbonyl (C=O) groups is 1. The number of carbonyl (C=O) groups excluding carboxylic acids is 1. The molecular formula is C11H20N4O4S. The van der Waals surface area contributed by atoms with Gasteiger partial charge in [0.2, 0.25) is 10.0 Å². The van der Waals surface area contributed by atoms with Crippen molar-refractivity contribution in [1.29, 1.82) is 0 Å². The summed E-state index contributed by atoms with van der Waals surface area (Å²) in [6.07, 6.45) is 0. The van der Waals surface area contributed by atoms with Crippen molar-refractivity contribution in [2.24, 2.45) is 5.14 Å². The fourth-order valence-electron chi connectivity index (χ4n) is 1.78. The van der Waals surface area contributed by atoms with Crippen LogP contribution in [0.25, 0.3) is 0 Å². The van der Waals surface area contributed by atoms with Gasteiger partial charge >= 0.3 is 0 Å². The van der Waals surface area contributed by atoms with E-state index >= 15 is 0 Å². The molecule has 3 N–H and O–H groups in total. The Hall–Kier alpha value is -1.45. The first kappa shape index (κ1) is 16.6. The van der Waals surface area contributed by atoms with Gasteiger partial charge in [0.1, 0.15) is 4.90 Å². The summed E-state index contributed by atoms with van der Waals surface area (Å²) < 4.78 is 28.3. The second-order valence-electron chi connectivity index (χ2n) is 4.15. The molecule has 1 aromatic heterocycles. The Bertz CT molecular complexity index is 567. The lowest BCUT2D eigenvalue weighted by Gasteiger charge is -2.19. The van der Waals surface area contributed by atoms with Crippen LogP contribution < -0.4 is 5.14 Å². The van der Waals surface area contributed by atoms with Gasteiger partial charge in [0.05, 0.1) is 12.3 Å². The number of hydrogen-bond acceptors (Lipinski definition) is 5. The minimum absolute atomic E-state index is 0.177. The number of aryl methyl sites for hydroxylation is 1. The third kappa shape index (κ3) is 3.78. The highest BCUT2D eigenvalue weighted by Crippen LogP contribution is 2.17. The molecule has 1 amide bonds. The fraction of sp³-hybridized carbons (Fsp3) is 0.636. The molecule has 0 aliphatic rings. The molecule has 0 fully saturated rings. The first-order valence-electron chi connectivity index (χ1n) is 6.27. The van der Waals surface area contributed by atoms with Crippen LogP contribution in [0.2, 0.25) is 0 Å². The normalized spacial score (nSPS) is 11.6. The highest BCUT2D eigenvalue weighted by molar-refractivity contribution is 7.89. The summed E-state index contributed by atoms with van der Waals surface area (Å²) in [6, 6.07) is 0. The van der Waals surface area contributed by atoms with Gasteiger partial charge in [-0.2, -0.15) is 5.10 Å². The quantitative estimate of drug-likeness (QED) is 0.680. The van der Waals surface area contributed by atoms with Crippen LogP contribution in [-0.2, 0) is 14.8 Å². The number of rotatable bonds is 7. The fourth-order valence-corrected chi connectivity index (χ4v) is 2.66. The molecule has 114 valence electrons. The number of nitrogens with one attached hydrogen (secondary N) is 1. The first-order chi connectivity index (χ1) is 9.32. The van der Waals surface area contributed by atoms with Gasteiger partial charge < -0.3 is 9.64 Å². The van der Waals surface area contributed by atoms with E-state index in [9.17, 15) is 13.2 Å². The minimum atomic E-state index is -4.01. The van der Waals surface area contributed by atoms with Crippen molar-refractivity contribution in [1.82, 2.24) is 15.1 Å². The molecule has 1 rings (SSSR count). The van der Waals surface area contributed by atoms with Crippen LogP contribution in [0.4, 0.5) is 0 Å². The molecule has 0 atom stereocenters. The van der Waals surface area contributed by atoms with Gasteiger partial charge in [-0.3, -0.25) is 9.89 Å². The molecule has 8 nitrogen and oxygen atoms in total. The summed E-state index contributed by atoms with van der Waals surface area (Å²) in [4.78, 5) is 13.5. The maximum absolute atomic E-state index is 12.3. The Morgan fingerprint density at radius 3 is 2.60 bits per heavy atom. The van der Waals surface area contributed by atoms with Crippen molar-refractivity contribution >= 4 is 15.9 Å². The van der Waals surface area contributed by atoms with Crippen LogP contribution in [0.3, 0.4) is 0 Å². The van der Waals surface area contributed by atoms with Gasteiger partial charge in [0.15, 0.2) is 5.69 Å². The molecule has 1 aromatic rings. The maximum Gasteiger partial charge on any atom is 0.275 e. The highest BCUT2D eigenvalue weighted by atomic mass is 32.2. The van der Waals surface area contributed by atoms with E-state index in [4.69, 9.17) is 9.88 Å². The number of aromatic nitrogens is 2. The molecule has 0 saturated carbocycles. The number of primary sulfonamides is 1. The van der Waals surface area contributed by atoms with Crippen molar-refractivity contribution in [2.75, 3.05) is 26.3 Å². The van der Waals surface area contributed by atoms with Crippen LogP contribution in [0.15, 0.2) is 4.90 Å². The topological polar surface area (TPSA) is 118 Å². The molecule has 0 bridgehead atoms. The second-order valence-corrected chi connectivity index (χ2v) is 5.65. The molecule has 0 saturated heterocycles. The van der Waals surface area contributed by atoms with E-state index in [1.165, 1.54) is 11.8 Å². The minimum Gasteiger partial charge on any atom is -0.380 e. The Kier molecular flexibility index (Phi) is 5.66. The zero-order valence-electron chi connectivity index (χ0n) is 11.8. The van der Waals surface area contributed by atoms with E-state index in [-0.39, 0.29) is 16.3 Å². The third-order valence-corrected chi connectivity index (χ3v) is 3.83. The molecule has 9 heteroatoms. The van der Waals surface area contributed by atoms with E-state index in [1.54, 1.807) is 6.92 Å². The molecule has 0 unspecified atom stereocenters. The van der Waals surface area contributed by atoms with Crippen molar-refractivity contribution in [3.8, 4) is 0 Å². The van der Waals surface area contributed by atoms with Gasteiger partial charge in [-0.15, -0.1) is 0 Å². The van der Waals surface area contributed by atoms with Crippen LogP contribution in [-0.4, -0.2) is 55.7 Å². The Labute approximate surface area is 118 Å². The third-order valence-electron chi connectivity index (χ3n) is 2.76. The molecular weight excluding hydrogens is 284 g/mol. The smallest absolute Gasteiger partial charge is 0.275 e. The second kappa shape index (κ2) is 6.82. The largest absolute Gasteiger partial charge is 0.380 e. The van der Waals surface area contributed by atoms with Gasteiger partial charge in [-0.25, -0.2) is 13.6 Å². The van der Waals surface area contributed by atoms with Crippen molar-refractivity contribution in [2.45, 2.75) is 25.7 Å². The summed E-state index contributed by atoms with van der Waals surface area (Å²) in [5, 5.41) is 11.4. The van der Waals surface area contributed by atoms with Crippen molar-refractivity contribution in [3.63, 3.8) is 0 Å². The number of aromatic amines is 1. The Balaban J connectivity index is 3.02. The number of hydrogen-bond donors (Lipinski definition) is 2. The Morgan fingerprint density at radius 1 is 1.45 bits per heavy atom. The molecule has 0 aliphatic carbocycles. The first-order valence-corrected chi connectivity index (χ1v) is 7.82. The lowest BCUT2D eigenvalue weighted by atomic mass is 10.3. The molecule has 1 heterocycles. The maximum atomic E-state index is 12.3. The van der Waals surface area contributed by atoms with E-state index in [2.05, 4.69) is 10.2 Å². The van der Waals surface area contributed by atoms with Crippen LogP contribution in [0.5, 0.6) is 0 Å². The molecule has 0 radical (unpaired) electrons. The number of nitrogens with two attached hydrogens (primary N) is 1. The van der Waals surface area contributed by atoms with Gasteiger partial charge in [0, 0.05) is 19.7 Å². The summed E-state index contributed by atoms with van der Waals surface area (Å²) >= 11 is 0. The number of nitrogens with zero attached hydrogens (tertiary/aromatic N) is 2. The zero-order chi connectivity index (χ0) is 15.3. The van der Waals surface area contributed by atoms with Crippen molar-refractivity contribution in [3.05, 3.63) is 11.4 Å². The molecule has 20 heavy (non-hydrogen) atoms. The van der Waals surface area contributed by atoms with Crippen LogP contribution in [0, 0.1) is 6.92 Å². The van der Waals surface area contributed by atoms with Gasteiger partial charge in [-0.05, 0) is 20.8 Å². The summed E-state index contributed by atoms with van der Waals surface area (Å²) in [5.41, 5.74) is 0.0695. The SMILES string of the molecule is CCOCCN(CC)C(=O)c1n[nH]c(C)c1S(N)(=O)=O. The predicted octanol–water partition coefficient (Wildman–Crippen LogP) is -0.136. The van der Waals surface area contributed by atoms with Gasteiger partial charge in [-0.1, -0.05) is 0 Å². The average Bonchev–Trinajstić information content (AvgIpc) is 2.76. The average molecular weight is 304 g/mol. The van der Waals surface area contributed by atoms with E-state index in [0.717, 1.165) is 0 Å². The number of likely N-dealkylation sites (N-methyl/N-ethyl adjacent to an activating group) is 1. The number of amides is 1. The molecule has 0 aromatic carbocycles. The van der Waals surface area contributed by atoms with Crippen LogP contribution in [0.1, 0.15) is 30.0 Å². The van der Waals surface area contributed by atoms with E-state index in [0.29, 0.717) is 26.3 Å². The predicted molar refractivity (Wildman–Crippen MR) is 72.8 cm³/mol. The van der Waals surface area contributed by atoms with Gasteiger partial charge in [0.25, 0.3) is 5.91 Å². The lowest BCUT2D eigenvalue weighted by molar-refractivity contribution is 0.0660. The van der Waals surface area contributed by atoms with Crippen LogP contribution >= 0.6 is 0 Å². The highest BCUT2D eigenvalue weighted by Gasteiger charge is 2.28. The number of sulfonamides is 1. The Morgan fingerprint density at radius 2 is 2.10 bits per heavy atom.